The third kappa shape index (κ3) is 3.64. The first-order chi connectivity index (χ1) is 12.0. The van der Waals surface area contributed by atoms with Crippen molar-refractivity contribution in [1.29, 1.82) is 0 Å². The van der Waals surface area contributed by atoms with E-state index in [4.69, 9.17) is 0 Å². The second-order valence-electron chi connectivity index (χ2n) is 7.49. The molecule has 136 valence electrons. The van der Waals surface area contributed by atoms with Crippen LogP contribution in [0.4, 0.5) is 0 Å². The van der Waals surface area contributed by atoms with Crippen LogP contribution >= 0.6 is 0 Å². The average Bonchev–Trinajstić information content (AvgIpc) is 2.58. The molecule has 0 unspecified atom stereocenters. The number of hydrogen-bond acceptors (Lipinski definition) is 4. The predicted octanol–water partition coefficient (Wildman–Crippen LogP) is 2.18. The van der Waals surface area contributed by atoms with Gasteiger partial charge in [-0.2, -0.15) is 0 Å². The van der Waals surface area contributed by atoms with Crippen LogP contribution in [0.25, 0.3) is 10.9 Å². The first kappa shape index (κ1) is 18.1. The van der Waals surface area contributed by atoms with Gasteiger partial charge in [-0.25, -0.2) is 0 Å². The normalized spacial score (nSPS) is 24.7. The molecule has 0 saturated carbocycles. The molecule has 5 nitrogen and oxygen atoms in total. The van der Waals surface area contributed by atoms with Crippen LogP contribution in [0.1, 0.15) is 37.3 Å². The van der Waals surface area contributed by atoms with Gasteiger partial charge in [-0.3, -0.25) is 9.69 Å². The van der Waals surface area contributed by atoms with Crippen LogP contribution in [-0.2, 0) is 6.54 Å². The molecule has 2 heterocycles. The fourth-order valence-electron chi connectivity index (χ4n) is 3.99. The SMILES string of the molecule is CCC[C@]1(CO)CCN(Cc2cc3ccc(C)cc3[nH]c2=O)C[C@H]1O. The average molecular weight is 344 g/mol. The maximum absolute atomic E-state index is 12.4. The van der Waals surface area contributed by atoms with Crippen LogP contribution in [-0.4, -0.2) is 45.9 Å². The number of aliphatic hydroxyl groups is 2. The molecule has 1 aromatic carbocycles. The maximum Gasteiger partial charge on any atom is 0.252 e. The van der Waals surface area contributed by atoms with Gasteiger partial charge in [0.05, 0.1) is 12.7 Å². The number of piperidine rings is 1. The number of H-pyrrole nitrogens is 1. The number of aromatic amines is 1. The largest absolute Gasteiger partial charge is 0.396 e. The van der Waals surface area contributed by atoms with Gasteiger partial charge in [0, 0.05) is 29.6 Å². The standard InChI is InChI=1S/C20H28N2O3/c1-3-6-20(13-23)7-8-22(12-18(20)24)11-16-10-15-5-4-14(2)9-17(15)21-19(16)25/h4-5,9-10,18,23-24H,3,6-8,11-13H2,1-2H3,(H,21,25)/t18-,20-/m1/s1. The van der Waals surface area contributed by atoms with Crippen molar-refractivity contribution in [3.8, 4) is 0 Å². The third-order valence-electron chi connectivity index (χ3n) is 5.60. The van der Waals surface area contributed by atoms with Gasteiger partial charge in [-0.1, -0.05) is 25.5 Å². The van der Waals surface area contributed by atoms with Crippen LogP contribution < -0.4 is 5.56 Å². The van der Waals surface area contributed by atoms with Crippen LogP contribution in [0.15, 0.2) is 29.1 Å². The lowest BCUT2D eigenvalue weighted by molar-refractivity contribution is -0.0803. The molecule has 0 spiro atoms. The number of aromatic nitrogens is 1. The Kier molecular flexibility index (Phi) is 5.27. The summed E-state index contributed by atoms with van der Waals surface area (Å²) >= 11 is 0. The van der Waals surface area contributed by atoms with Crippen molar-refractivity contribution in [2.75, 3.05) is 19.7 Å². The van der Waals surface area contributed by atoms with Crippen LogP contribution in [0.5, 0.6) is 0 Å². The lowest BCUT2D eigenvalue weighted by atomic mass is 9.73. The summed E-state index contributed by atoms with van der Waals surface area (Å²) in [6.45, 7) is 5.89. The van der Waals surface area contributed by atoms with Gasteiger partial charge in [-0.15, -0.1) is 0 Å². The van der Waals surface area contributed by atoms with Crippen molar-refractivity contribution in [1.82, 2.24) is 9.88 Å². The highest BCUT2D eigenvalue weighted by atomic mass is 16.3. The molecule has 3 N–H and O–H groups in total. The van der Waals surface area contributed by atoms with Gasteiger partial charge < -0.3 is 15.2 Å². The zero-order valence-electron chi connectivity index (χ0n) is 15.1. The minimum atomic E-state index is -0.562. The molecule has 25 heavy (non-hydrogen) atoms. The summed E-state index contributed by atoms with van der Waals surface area (Å²) in [4.78, 5) is 17.5. The summed E-state index contributed by atoms with van der Waals surface area (Å²) in [5, 5.41) is 21.4. The molecule has 1 aliphatic rings. The maximum atomic E-state index is 12.4. The first-order valence-corrected chi connectivity index (χ1v) is 9.11. The van der Waals surface area contributed by atoms with E-state index in [0.29, 0.717) is 13.1 Å². The Labute approximate surface area is 148 Å². The highest BCUT2D eigenvalue weighted by Crippen LogP contribution is 2.36. The molecule has 1 aliphatic heterocycles. The Hall–Kier alpha value is -1.69. The van der Waals surface area contributed by atoms with E-state index >= 15 is 0 Å². The quantitative estimate of drug-likeness (QED) is 0.777. The molecular weight excluding hydrogens is 316 g/mol. The Bertz CT molecular complexity index is 801. The van der Waals surface area contributed by atoms with E-state index in [0.717, 1.165) is 47.8 Å². The summed E-state index contributed by atoms with van der Waals surface area (Å²) < 4.78 is 0. The molecule has 2 atom stereocenters. The fraction of sp³-hybridized carbons (Fsp3) is 0.550. The van der Waals surface area contributed by atoms with Gasteiger partial charge in [-0.05, 0) is 49.4 Å². The van der Waals surface area contributed by atoms with Gasteiger partial charge in [0.2, 0.25) is 0 Å². The molecule has 5 heteroatoms. The van der Waals surface area contributed by atoms with Crippen LogP contribution in [0, 0.1) is 12.3 Å². The zero-order chi connectivity index (χ0) is 18.0. The third-order valence-corrected chi connectivity index (χ3v) is 5.60. The Morgan fingerprint density at radius 1 is 1.36 bits per heavy atom. The van der Waals surface area contributed by atoms with Gasteiger partial charge in [0.15, 0.2) is 0 Å². The summed E-state index contributed by atoms with van der Waals surface area (Å²) in [5.74, 6) is 0. The second kappa shape index (κ2) is 7.28. The van der Waals surface area contributed by atoms with E-state index in [1.807, 2.05) is 31.2 Å². The van der Waals surface area contributed by atoms with E-state index in [1.165, 1.54) is 0 Å². The molecule has 0 radical (unpaired) electrons. The minimum absolute atomic E-state index is 0.0196. The smallest absolute Gasteiger partial charge is 0.252 e. The zero-order valence-corrected chi connectivity index (χ0v) is 15.1. The number of nitrogens with zero attached hydrogens (tertiary/aromatic N) is 1. The summed E-state index contributed by atoms with van der Waals surface area (Å²) in [7, 11) is 0. The predicted molar refractivity (Wildman–Crippen MR) is 99.6 cm³/mol. The van der Waals surface area contributed by atoms with E-state index in [9.17, 15) is 15.0 Å². The molecule has 0 amide bonds. The molecule has 0 bridgehead atoms. The Morgan fingerprint density at radius 2 is 2.16 bits per heavy atom. The number of hydrogen-bond donors (Lipinski definition) is 3. The number of nitrogens with one attached hydrogen (secondary N) is 1. The van der Waals surface area contributed by atoms with Crippen molar-refractivity contribution < 1.29 is 10.2 Å². The number of β-amino-alcohol motifs (C(OH)–C–C–N with tert-alkyl or cyclic N) is 1. The molecular formula is C20H28N2O3. The molecule has 2 aromatic rings. The van der Waals surface area contributed by atoms with Crippen LogP contribution in [0.2, 0.25) is 0 Å². The Balaban J connectivity index is 1.77. The molecule has 1 fully saturated rings. The van der Waals surface area contributed by atoms with Crippen molar-refractivity contribution in [3.63, 3.8) is 0 Å². The van der Waals surface area contributed by atoms with Crippen molar-refractivity contribution in [3.05, 3.63) is 45.7 Å². The lowest BCUT2D eigenvalue weighted by Gasteiger charge is -2.44. The number of likely N-dealkylation sites (tertiary alicyclic amines) is 1. The Morgan fingerprint density at radius 3 is 2.84 bits per heavy atom. The van der Waals surface area contributed by atoms with Crippen molar-refractivity contribution in [2.45, 2.75) is 45.8 Å². The molecule has 0 aliphatic carbocycles. The first-order valence-electron chi connectivity index (χ1n) is 9.11. The minimum Gasteiger partial charge on any atom is -0.396 e. The summed E-state index contributed by atoms with van der Waals surface area (Å²) in [6, 6.07) is 7.98. The van der Waals surface area contributed by atoms with Gasteiger partial charge >= 0.3 is 0 Å². The second-order valence-corrected chi connectivity index (χ2v) is 7.49. The number of aliphatic hydroxyl groups excluding tert-OH is 2. The van der Waals surface area contributed by atoms with E-state index in [2.05, 4.69) is 16.8 Å². The highest BCUT2D eigenvalue weighted by Gasteiger charge is 2.41. The van der Waals surface area contributed by atoms with E-state index in [1.54, 1.807) is 0 Å². The van der Waals surface area contributed by atoms with E-state index < -0.39 is 11.5 Å². The topological polar surface area (TPSA) is 76.6 Å². The number of aryl methyl sites for hydroxylation is 1. The number of pyridine rings is 1. The molecule has 3 rings (SSSR count). The van der Waals surface area contributed by atoms with Gasteiger partial charge in [0.1, 0.15) is 0 Å². The van der Waals surface area contributed by atoms with Crippen molar-refractivity contribution >= 4 is 10.9 Å². The summed E-state index contributed by atoms with van der Waals surface area (Å²) in [5.41, 5.74) is 2.23. The summed E-state index contributed by atoms with van der Waals surface area (Å²) in [6.07, 6.45) is 1.97. The van der Waals surface area contributed by atoms with Gasteiger partial charge in [0.25, 0.3) is 5.56 Å². The monoisotopic (exact) mass is 344 g/mol. The molecule has 1 aromatic heterocycles. The lowest BCUT2D eigenvalue weighted by Crippen LogP contribution is -2.52. The number of benzene rings is 1. The van der Waals surface area contributed by atoms with Crippen molar-refractivity contribution in [2.24, 2.45) is 5.41 Å². The van der Waals surface area contributed by atoms with Crippen LogP contribution in [0.3, 0.4) is 0 Å². The fourth-order valence-corrected chi connectivity index (χ4v) is 3.99. The highest BCUT2D eigenvalue weighted by molar-refractivity contribution is 5.79. The number of rotatable bonds is 5. The number of fused-ring (bicyclic) bond motifs is 1. The molecule has 1 saturated heterocycles. The van der Waals surface area contributed by atoms with E-state index in [-0.39, 0.29) is 12.2 Å².